The van der Waals surface area contributed by atoms with Gasteiger partial charge in [-0.05, 0) is 75.2 Å². The summed E-state index contributed by atoms with van der Waals surface area (Å²) < 4.78 is 10.8. The highest BCUT2D eigenvalue weighted by Crippen LogP contribution is 2.29. The number of aromatic nitrogens is 1. The molecular formula is C46H73N7O10S3. The molecule has 0 spiro atoms. The number of aldehydes is 1. The first-order chi connectivity index (χ1) is 31.6. The van der Waals surface area contributed by atoms with Crippen molar-refractivity contribution >= 4 is 69.0 Å². The standard InChI is InChI=1S/C46H73N7O10S3/c1-8-13-40(57)63-29-53(45(60)41(31(5)9-2)49-43(59)37-14-10-11-19-52(37)7)38(30(3)4)26-39(56)44-48-35(28-64-44)27-47-34(25-33-15-17-36(55)18-16-33)24-32(6)42(58)50-51-46(61)62-21-23-66-65-22-12-20-54/h15-18,20,28,30-32,34,37-39,41,47,55-56H,8-14,19,21-27,29H2,1-7H3,(H,49,59)(H,50,58)(H,51,61)/t31?,32-,34+,37+,38+,39+,41-/m0/s1. The summed E-state index contributed by atoms with van der Waals surface area (Å²) in [5.41, 5.74) is 6.30. The summed E-state index contributed by atoms with van der Waals surface area (Å²) in [6.45, 7) is 12.3. The van der Waals surface area contributed by atoms with E-state index in [9.17, 15) is 39.0 Å². The van der Waals surface area contributed by atoms with E-state index in [2.05, 4.69) is 21.5 Å². The number of phenols is 1. The number of piperidine rings is 1. The zero-order valence-corrected chi connectivity index (χ0v) is 42.1. The third-order valence-electron chi connectivity index (χ3n) is 11.6. The SMILES string of the molecule is CCCC(=O)OCN(C(=O)[C@@H](NC(=O)[C@H]1CCCCN1C)C(C)CC)[C@H](C[C@@H](O)c1nc(CN[C@@H](Cc2ccc(O)cc2)C[C@H](C)C(=O)NNC(=O)OCCSSCCC=O)cs1)C(C)C. The van der Waals surface area contributed by atoms with Crippen LogP contribution in [0.3, 0.4) is 0 Å². The number of hydrazine groups is 1. The van der Waals surface area contributed by atoms with Gasteiger partial charge in [-0.25, -0.2) is 15.2 Å². The molecule has 2 heterocycles. The van der Waals surface area contributed by atoms with Crippen molar-refractivity contribution < 1.29 is 48.5 Å². The number of nitrogens with one attached hydrogen (secondary N) is 4. The normalized spacial score (nSPS) is 16.8. The topological polar surface area (TPSA) is 229 Å². The van der Waals surface area contributed by atoms with Crippen LogP contribution in [0, 0.1) is 17.8 Å². The molecule has 66 heavy (non-hydrogen) atoms. The van der Waals surface area contributed by atoms with Gasteiger partial charge < -0.3 is 40.0 Å². The average Bonchev–Trinajstić information content (AvgIpc) is 3.78. The van der Waals surface area contributed by atoms with Gasteiger partial charge >= 0.3 is 12.1 Å². The van der Waals surface area contributed by atoms with Crippen molar-refractivity contribution in [3.8, 4) is 5.75 Å². The lowest BCUT2D eigenvalue weighted by molar-refractivity contribution is -0.159. The molecule has 0 aliphatic carbocycles. The van der Waals surface area contributed by atoms with E-state index in [4.69, 9.17) is 14.5 Å². The number of aliphatic hydroxyl groups is 1. The second-order valence-electron chi connectivity index (χ2n) is 17.2. The van der Waals surface area contributed by atoms with Gasteiger partial charge in [-0.1, -0.05) is 88.1 Å². The highest BCUT2D eigenvalue weighted by molar-refractivity contribution is 8.76. The Bertz CT molecular complexity index is 1810. The lowest BCUT2D eigenvalue weighted by Gasteiger charge is -2.39. The van der Waals surface area contributed by atoms with Gasteiger partial charge in [-0.15, -0.1) is 11.3 Å². The van der Waals surface area contributed by atoms with Gasteiger partial charge in [0, 0.05) is 60.7 Å². The predicted octanol–water partition coefficient (Wildman–Crippen LogP) is 5.90. The molecule has 4 amide bonds. The van der Waals surface area contributed by atoms with Crippen LogP contribution in [0.2, 0.25) is 0 Å². The Hall–Kier alpha value is -3.95. The highest BCUT2D eigenvalue weighted by Gasteiger charge is 2.38. The summed E-state index contributed by atoms with van der Waals surface area (Å²) in [5.74, 6) is -1.04. The molecule has 20 heteroatoms. The first-order valence-electron chi connectivity index (χ1n) is 23.1. The number of aliphatic hydroxyl groups excluding tert-OH is 1. The van der Waals surface area contributed by atoms with Crippen molar-refractivity contribution in [2.75, 3.05) is 38.4 Å². The van der Waals surface area contributed by atoms with Crippen LogP contribution in [0.4, 0.5) is 4.79 Å². The summed E-state index contributed by atoms with van der Waals surface area (Å²) in [7, 11) is 4.92. The summed E-state index contributed by atoms with van der Waals surface area (Å²) >= 11 is 1.28. The molecule has 370 valence electrons. The molecule has 6 N–H and O–H groups in total. The first kappa shape index (κ1) is 56.4. The number of carbonyl (C=O) groups is 6. The number of phenolic OH excluding ortho intramolecular Hbond substituents is 1. The molecule has 2 aromatic rings. The summed E-state index contributed by atoms with van der Waals surface area (Å²) in [4.78, 5) is 85.0. The number of thiazole rings is 1. The van der Waals surface area contributed by atoms with Crippen molar-refractivity contribution in [2.24, 2.45) is 17.8 Å². The largest absolute Gasteiger partial charge is 0.508 e. The Kier molecular flexibility index (Phi) is 26.0. The number of ether oxygens (including phenoxy) is 2. The van der Waals surface area contributed by atoms with Gasteiger partial charge in [0.15, 0.2) is 6.73 Å². The Morgan fingerprint density at radius 2 is 1.74 bits per heavy atom. The number of likely N-dealkylation sites (tertiary alicyclic amines) is 1. The van der Waals surface area contributed by atoms with Crippen molar-refractivity contribution in [3.05, 3.63) is 45.9 Å². The van der Waals surface area contributed by atoms with Gasteiger partial charge in [0.25, 0.3) is 0 Å². The molecule has 1 aromatic heterocycles. The predicted molar refractivity (Wildman–Crippen MR) is 259 cm³/mol. The zero-order valence-electron chi connectivity index (χ0n) is 39.6. The van der Waals surface area contributed by atoms with E-state index >= 15 is 0 Å². The Morgan fingerprint density at radius 3 is 2.41 bits per heavy atom. The molecule has 1 aromatic carbocycles. The Balaban J connectivity index is 1.72. The number of hydrogen-bond acceptors (Lipinski definition) is 16. The maximum Gasteiger partial charge on any atom is 0.426 e. The van der Waals surface area contributed by atoms with Crippen molar-refractivity contribution in [1.29, 1.82) is 0 Å². The van der Waals surface area contributed by atoms with E-state index in [1.54, 1.807) is 31.2 Å². The van der Waals surface area contributed by atoms with E-state index < -0.39 is 42.1 Å². The fourth-order valence-corrected chi connectivity index (χ4v) is 10.1. The molecule has 1 aliphatic rings. The van der Waals surface area contributed by atoms with Gasteiger partial charge in [-0.2, -0.15) is 0 Å². The molecule has 1 unspecified atom stereocenters. The van der Waals surface area contributed by atoms with Crippen LogP contribution in [0.25, 0.3) is 0 Å². The number of benzene rings is 1. The smallest absolute Gasteiger partial charge is 0.426 e. The van der Waals surface area contributed by atoms with Crippen LogP contribution in [-0.4, -0.2) is 124 Å². The molecule has 0 bridgehead atoms. The summed E-state index contributed by atoms with van der Waals surface area (Å²) in [5, 5.41) is 30.5. The van der Waals surface area contributed by atoms with Crippen LogP contribution in [0.15, 0.2) is 29.6 Å². The van der Waals surface area contributed by atoms with Gasteiger partial charge in [0.05, 0.1) is 11.7 Å². The molecule has 0 saturated carbocycles. The Morgan fingerprint density at radius 1 is 1.02 bits per heavy atom. The number of hydrogen-bond donors (Lipinski definition) is 6. The number of likely N-dealkylation sites (N-methyl/N-ethyl adjacent to an activating group) is 1. The zero-order chi connectivity index (χ0) is 48.6. The quantitative estimate of drug-likeness (QED) is 0.0139. The van der Waals surface area contributed by atoms with E-state index in [1.807, 2.05) is 51.9 Å². The second kappa shape index (κ2) is 30.4. The third-order valence-corrected chi connectivity index (χ3v) is 15.0. The van der Waals surface area contributed by atoms with E-state index in [1.165, 1.54) is 37.8 Å². The van der Waals surface area contributed by atoms with Crippen molar-refractivity contribution in [1.82, 2.24) is 36.3 Å². The number of amides is 4. The molecule has 0 radical (unpaired) electrons. The third kappa shape index (κ3) is 19.7. The molecule has 1 saturated heterocycles. The Labute approximate surface area is 402 Å². The first-order valence-corrected chi connectivity index (χ1v) is 26.5. The minimum Gasteiger partial charge on any atom is -0.508 e. The summed E-state index contributed by atoms with van der Waals surface area (Å²) in [6.07, 6.45) is 4.44. The van der Waals surface area contributed by atoms with Crippen LogP contribution in [0.1, 0.15) is 122 Å². The lowest BCUT2D eigenvalue weighted by Crippen LogP contribution is -2.59. The molecule has 1 aliphatic heterocycles. The van der Waals surface area contributed by atoms with Crippen LogP contribution >= 0.6 is 32.9 Å². The lowest BCUT2D eigenvalue weighted by atomic mass is 9.92. The fourth-order valence-electron chi connectivity index (χ4n) is 7.50. The van der Waals surface area contributed by atoms with E-state index in [-0.39, 0.29) is 67.7 Å². The fraction of sp³-hybridized carbons (Fsp3) is 0.674. The number of carbonyl (C=O) groups excluding carboxylic acids is 6. The molecule has 17 nitrogen and oxygen atoms in total. The molecular weight excluding hydrogens is 907 g/mol. The average molecular weight is 980 g/mol. The highest BCUT2D eigenvalue weighted by atomic mass is 33.1. The second-order valence-corrected chi connectivity index (χ2v) is 20.8. The van der Waals surface area contributed by atoms with E-state index in [0.717, 1.165) is 31.2 Å². The molecule has 7 atom stereocenters. The maximum absolute atomic E-state index is 14.7. The number of esters is 1. The summed E-state index contributed by atoms with van der Waals surface area (Å²) in [6, 6.07) is 4.75. The number of rotatable bonds is 29. The maximum atomic E-state index is 14.7. The monoisotopic (exact) mass is 979 g/mol. The van der Waals surface area contributed by atoms with Crippen molar-refractivity contribution in [3.63, 3.8) is 0 Å². The molecule has 3 rings (SSSR count). The number of nitrogens with zero attached hydrogens (tertiary/aromatic N) is 3. The van der Waals surface area contributed by atoms with Crippen LogP contribution in [0.5, 0.6) is 5.75 Å². The van der Waals surface area contributed by atoms with Gasteiger partial charge in [0.2, 0.25) is 17.7 Å². The number of aromatic hydroxyl groups is 1. The van der Waals surface area contributed by atoms with Gasteiger partial charge in [0.1, 0.15) is 35.8 Å². The van der Waals surface area contributed by atoms with E-state index in [0.29, 0.717) is 67.3 Å². The minimum atomic E-state index is -1.08. The van der Waals surface area contributed by atoms with Crippen LogP contribution < -0.4 is 21.5 Å². The minimum absolute atomic E-state index is 0.0971. The van der Waals surface area contributed by atoms with Gasteiger partial charge in [-0.3, -0.25) is 29.5 Å². The molecule has 1 fully saturated rings. The van der Waals surface area contributed by atoms with Crippen molar-refractivity contribution in [2.45, 2.75) is 143 Å². The van der Waals surface area contributed by atoms with Crippen LogP contribution in [-0.2, 0) is 46.4 Å².